The predicted molar refractivity (Wildman–Crippen MR) is 102 cm³/mol. The van der Waals surface area contributed by atoms with E-state index < -0.39 is 0 Å². The van der Waals surface area contributed by atoms with E-state index in [0.29, 0.717) is 0 Å². The van der Waals surface area contributed by atoms with Crippen molar-refractivity contribution < 1.29 is 0 Å². The van der Waals surface area contributed by atoms with E-state index in [1.54, 1.807) is 0 Å². The van der Waals surface area contributed by atoms with E-state index in [-0.39, 0.29) is 0 Å². The van der Waals surface area contributed by atoms with Gasteiger partial charge in [0, 0.05) is 37.9 Å². The molecule has 1 aliphatic carbocycles. The SMILES string of the molecule is Cc1cc(C)cc(NC(=S)N2CCN(C3CCCCC3)CC2)c1. The minimum Gasteiger partial charge on any atom is -0.346 e. The molecule has 1 saturated heterocycles. The Balaban J connectivity index is 1.51. The van der Waals surface area contributed by atoms with E-state index in [4.69, 9.17) is 12.2 Å². The molecule has 1 aromatic carbocycles. The number of benzene rings is 1. The van der Waals surface area contributed by atoms with Gasteiger partial charge >= 0.3 is 0 Å². The van der Waals surface area contributed by atoms with E-state index in [2.05, 4.69) is 47.2 Å². The predicted octanol–water partition coefficient (Wildman–Crippen LogP) is 3.95. The number of piperazine rings is 1. The van der Waals surface area contributed by atoms with Crippen molar-refractivity contribution in [3.05, 3.63) is 29.3 Å². The third-order valence-electron chi connectivity index (χ3n) is 5.17. The largest absolute Gasteiger partial charge is 0.346 e. The van der Waals surface area contributed by atoms with Crippen LogP contribution < -0.4 is 5.32 Å². The van der Waals surface area contributed by atoms with Crippen LogP contribution >= 0.6 is 12.2 Å². The van der Waals surface area contributed by atoms with E-state index in [1.807, 2.05) is 0 Å². The van der Waals surface area contributed by atoms with Crippen LogP contribution in [-0.4, -0.2) is 47.1 Å². The van der Waals surface area contributed by atoms with Crippen molar-refractivity contribution in [2.75, 3.05) is 31.5 Å². The van der Waals surface area contributed by atoms with Gasteiger partial charge in [0.05, 0.1) is 0 Å². The molecule has 0 aromatic heterocycles. The first kappa shape index (κ1) is 16.7. The summed E-state index contributed by atoms with van der Waals surface area (Å²) in [6, 6.07) is 7.35. The lowest BCUT2D eigenvalue weighted by Crippen LogP contribution is -2.53. The van der Waals surface area contributed by atoms with Crippen molar-refractivity contribution in [1.82, 2.24) is 9.80 Å². The Morgan fingerprint density at radius 1 is 0.957 bits per heavy atom. The first-order chi connectivity index (χ1) is 11.1. The summed E-state index contributed by atoms with van der Waals surface area (Å²) in [6.45, 7) is 8.66. The maximum atomic E-state index is 5.63. The summed E-state index contributed by atoms with van der Waals surface area (Å²) in [5.41, 5.74) is 3.66. The van der Waals surface area contributed by atoms with Gasteiger partial charge in [0.15, 0.2) is 5.11 Å². The van der Waals surface area contributed by atoms with Gasteiger partial charge in [-0.1, -0.05) is 25.3 Å². The summed E-state index contributed by atoms with van der Waals surface area (Å²) < 4.78 is 0. The molecule has 3 nitrogen and oxygen atoms in total. The smallest absolute Gasteiger partial charge is 0.173 e. The number of aryl methyl sites for hydroxylation is 2. The Labute approximate surface area is 146 Å². The van der Waals surface area contributed by atoms with Crippen LogP contribution in [0.3, 0.4) is 0 Å². The molecular weight excluding hydrogens is 302 g/mol. The van der Waals surface area contributed by atoms with Gasteiger partial charge in [0.25, 0.3) is 0 Å². The first-order valence-corrected chi connectivity index (χ1v) is 9.41. The lowest BCUT2D eigenvalue weighted by atomic mass is 9.94. The Morgan fingerprint density at radius 2 is 1.57 bits per heavy atom. The molecule has 2 fully saturated rings. The average molecular weight is 332 g/mol. The Hall–Kier alpha value is -1.13. The fourth-order valence-electron chi connectivity index (χ4n) is 3.99. The van der Waals surface area contributed by atoms with E-state index in [9.17, 15) is 0 Å². The van der Waals surface area contributed by atoms with Gasteiger partial charge in [-0.15, -0.1) is 0 Å². The van der Waals surface area contributed by atoms with Crippen molar-refractivity contribution in [1.29, 1.82) is 0 Å². The third kappa shape index (κ3) is 4.45. The quantitative estimate of drug-likeness (QED) is 0.827. The van der Waals surface area contributed by atoms with Crippen LogP contribution in [0.5, 0.6) is 0 Å². The molecule has 3 rings (SSSR count). The number of hydrogen-bond donors (Lipinski definition) is 1. The summed E-state index contributed by atoms with van der Waals surface area (Å²) >= 11 is 5.63. The zero-order chi connectivity index (χ0) is 16.2. The van der Waals surface area contributed by atoms with Crippen LogP contribution in [0, 0.1) is 13.8 Å². The number of anilines is 1. The molecule has 2 aliphatic rings. The molecule has 0 atom stereocenters. The molecule has 1 heterocycles. The molecule has 0 spiro atoms. The minimum absolute atomic E-state index is 0.826. The van der Waals surface area contributed by atoms with E-state index in [0.717, 1.165) is 43.0 Å². The Morgan fingerprint density at radius 3 is 2.17 bits per heavy atom. The normalized spacial score (nSPS) is 20.5. The topological polar surface area (TPSA) is 18.5 Å². The fraction of sp³-hybridized carbons (Fsp3) is 0.632. The zero-order valence-corrected chi connectivity index (χ0v) is 15.3. The lowest BCUT2D eigenvalue weighted by Gasteiger charge is -2.41. The van der Waals surface area contributed by atoms with Crippen LogP contribution in [0.4, 0.5) is 5.69 Å². The molecule has 1 aliphatic heterocycles. The zero-order valence-electron chi connectivity index (χ0n) is 14.5. The lowest BCUT2D eigenvalue weighted by molar-refractivity contribution is 0.108. The molecule has 1 saturated carbocycles. The van der Waals surface area contributed by atoms with Gasteiger partial charge in [-0.2, -0.15) is 0 Å². The van der Waals surface area contributed by atoms with Crippen molar-refractivity contribution >= 4 is 23.0 Å². The molecule has 0 radical (unpaired) electrons. The fourth-order valence-corrected chi connectivity index (χ4v) is 4.29. The number of hydrogen-bond acceptors (Lipinski definition) is 2. The van der Waals surface area contributed by atoms with Gasteiger partial charge in [-0.3, -0.25) is 4.90 Å². The molecule has 23 heavy (non-hydrogen) atoms. The van der Waals surface area contributed by atoms with Crippen LogP contribution in [0.15, 0.2) is 18.2 Å². The molecule has 126 valence electrons. The highest BCUT2D eigenvalue weighted by atomic mass is 32.1. The maximum absolute atomic E-state index is 5.63. The van der Waals surface area contributed by atoms with Gasteiger partial charge in [0.2, 0.25) is 0 Å². The highest BCUT2D eigenvalue weighted by Gasteiger charge is 2.25. The second-order valence-corrected chi connectivity index (χ2v) is 7.51. The van der Waals surface area contributed by atoms with Crippen LogP contribution in [0.1, 0.15) is 43.2 Å². The van der Waals surface area contributed by atoms with Crippen LogP contribution in [-0.2, 0) is 0 Å². The van der Waals surface area contributed by atoms with Crippen molar-refractivity contribution in [2.45, 2.75) is 52.0 Å². The first-order valence-electron chi connectivity index (χ1n) is 9.00. The second kappa shape index (κ2) is 7.63. The monoisotopic (exact) mass is 331 g/mol. The molecule has 0 unspecified atom stereocenters. The van der Waals surface area contributed by atoms with Gasteiger partial charge in [-0.25, -0.2) is 0 Å². The standard InChI is InChI=1S/C19H29N3S/c1-15-12-16(2)14-17(13-15)20-19(23)22-10-8-21(9-11-22)18-6-4-3-5-7-18/h12-14,18H,3-11H2,1-2H3,(H,20,23). The molecule has 1 N–H and O–H groups in total. The Bertz CT molecular complexity index is 523. The summed E-state index contributed by atoms with van der Waals surface area (Å²) in [4.78, 5) is 5.02. The molecule has 1 aromatic rings. The molecule has 4 heteroatoms. The van der Waals surface area contributed by atoms with Crippen molar-refractivity contribution in [3.63, 3.8) is 0 Å². The van der Waals surface area contributed by atoms with Crippen LogP contribution in [0.25, 0.3) is 0 Å². The molecule has 0 amide bonds. The van der Waals surface area contributed by atoms with E-state index in [1.165, 1.54) is 43.2 Å². The summed E-state index contributed by atoms with van der Waals surface area (Å²) in [7, 11) is 0. The average Bonchev–Trinajstić information content (AvgIpc) is 2.55. The maximum Gasteiger partial charge on any atom is 0.173 e. The Kier molecular flexibility index (Phi) is 5.54. The highest BCUT2D eigenvalue weighted by molar-refractivity contribution is 7.80. The van der Waals surface area contributed by atoms with E-state index >= 15 is 0 Å². The van der Waals surface area contributed by atoms with Crippen molar-refractivity contribution in [2.24, 2.45) is 0 Å². The highest BCUT2D eigenvalue weighted by Crippen LogP contribution is 2.23. The number of nitrogens with one attached hydrogen (secondary N) is 1. The molecule has 0 bridgehead atoms. The van der Waals surface area contributed by atoms with Crippen LogP contribution in [0.2, 0.25) is 0 Å². The second-order valence-electron chi connectivity index (χ2n) is 7.12. The summed E-state index contributed by atoms with van der Waals surface area (Å²) in [5, 5.41) is 4.30. The number of nitrogens with zero attached hydrogens (tertiary/aromatic N) is 2. The number of rotatable bonds is 2. The van der Waals surface area contributed by atoms with Crippen molar-refractivity contribution in [3.8, 4) is 0 Å². The summed E-state index contributed by atoms with van der Waals surface area (Å²) in [5.74, 6) is 0. The third-order valence-corrected chi connectivity index (χ3v) is 5.53. The van der Waals surface area contributed by atoms with Gasteiger partial charge in [0.1, 0.15) is 0 Å². The van der Waals surface area contributed by atoms with Gasteiger partial charge < -0.3 is 10.2 Å². The van der Waals surface area contributed by atoms with Gasteiger partial charge in [-0.05, 0) is 62.2 Å². The minimum atomic E-state index is 0.826. The summed E-state index contributed by atoms with van der Waals surface area (Å²) in [6.07, 6.45) is 7.05. The molecular formula is C19H29N3S. The number of thiocarbonyl (C=S) groups is 1.